The molecule has 0 atom stereocenters. The highest BCUT2D eigenvalue weighted by Crippen LogP contribution is 2.08. The lowest BCUT2D eigenvalue weighted by molar-refractivity contribution is 0.0950. The number of carbonyl (C=O) groups excluding carboxylic acids is 1. The lowest BCUT2D eigenvalue weighted by Crippen LogP contribution is -2.22. The highest BCUT2D eigenvalue weighted by atomic mass is 35.5. The lowest BCUT2D eigenvalue weighted by atomic mass is 10.2. The van der Waals surface area contributed by atoms with Crippen LogP contribution in [0.4, 0.5) is 8.78 Å². The smallest absolute Gasteiger partial charge is 0.251 e. The molecule has 0 aliphatic carbocycles. The van der Waals surface area contributed by atoms with E-state index in [2.05, 4.69) is 10.3 Å². The first-order valence-electron chi connectivity index (χ1n) is 5.29. The zero-order chi connectivity index (χ0) is 13.0. The fourth-order valence-corrected chi connectivity index (χ4v) is 1.44. The predicted molar refractivity (Wildman–Crippen MR) is 69.0 cm³/mol. The molecule has 0 bridgehead atoms. The number of hydrogen-bond donors (Lipinski definition) is 1. The third kappa shape index (κ3) is 3.99. The van der Waals surface area contributed by atoms with Crippen molar-refractivity contribution in [2.75, 3.05) is 0 Å². The van der Waals surface area contributed by atoms with Crippen LogP contribution in [0, 0.1) is 11.6 Å². The zero-order valence-corrected chi connectivity index (χ0v) is 10.6. The quantitative estimate of drug-likeness (QED) is 0.942. The average Bonchev–Trinajstić information content (AvgIpc) is 2.41. The van der Waals surface area contributed by atoms with E-state index in [0.29, 0.717) is 11.1 Å². The first-order valence-corrected chi connectivity index (χ1v) is 5.29. The Hall–Kier alpha value is -2.01. The second-order valence-electron chi connectivity index (χ2n) is 3.67. The van der Waals surface area contributed by atoms with E-state index in [1.54, 1.807) is 12.1 Å². The van der Waals surface area contributed by atoms with E-state index in [1.807, 2.05) is 0 Å². The van der Waals surface area contributed by atoms with Crippen molar-refractivity contribution in [2.45, 2.75) is 6.54 Å². The third-order valence-corrected chi connectivity index (χ3v) is 2.38. The fraction of sp³-hybridized carbons (Fsp3) is 0.0769. The zero-order valence-electron chi connectivity index (χ0n) is 9.77. The molecule has 6 heteroatoms. The van der Waals surface area contributed by atoms with Gasteiger partial charge in [0.05, 0.1) is 0 Å². The average molecular weight is 285 g/mol. The molecule has 1 amide bonds. The maximum absolute atomic E-state index is 12.9. The van der Waals surface area contributed by atoms with E-state index < -0.39 is 11.6 Å². The third-order valence-electron chi connectivity index (χ3n) is 2.38. The summed E-state index contributed by atoms with van der Waals surface area (Å²) in [6, 6.07) is 6.65. The van der Waals surface area contributed by atoms with Gasteiger partial charge in [0.1, 0.15) is 0 Å². The van der Waals surface area contributed by atoms with E-state index in [0.717, 1.165) is 12.1 Å². The Kier molecular flexibility index (Phi) is 5.38. The van der Waals surface area contributed by atoms with Crippen molar-refractivity contribution in [2.24, 2.45) is 0 Å². The van der Waals surface area contributed by atoms with Crippen molar-refractivity contribution in [3.05, 3.63) is 65.5 Å². The predicted octanol–water partition coefficient (Wildman–Crippen LogP) is 2.71. The highest BCUT2D eigenvalue weighted by molar-refractivity contribution is 5.93. The molecule has 3 nitrogen and oxygen atoms in total. The summed E-state index contributed by atoms with van der Waals surface area (Å²) in [6.45, 7) is 0.137. The largest absolute Gasteiger partial charge is 0.348 e. The van der Waals surface area contributed by atoms with Crippen LogP contribution in [0.3, 0.4) is 0 Å². The van der Waals surface area contributed by atoms with Gasteiger partial charge in [-0.3, -0.25) is 9.78 Å². The Morgan fingerprint density at radius 1 is 1.11 bits per heavy atom. The van der Waals surface area contributed by atoms with Crippen LogP contribution < -0.4 is 5.32 Å². The number of nitrogens with one attached hydrogen (secondary N) is 1. The minimum Gasteiger partial charge on any atom is -0.348 e. The summed E-state index contributed by atoms with van der Waals surface area (Å²) in [5.74, 6) is -2.12. The minimum atomic E-state index is -0.925. The number of amides is 1. The van der Waals surface area contributed by atoms with Gasteiger partial charge in [-0.1, -0.05) is 6.07 Å². The van der Waals surface area contributed by atoms with Crippen LogP contribution in [-0.2, 0) is 6.54 Å². The summed E-state index contributed by atoms with van der Waals surface area (Å²) in [5, 5.41) is 2.61. The summed E-state index contributed by atoms with van der Waals surface area (Å²) < 4.78 is 25.6. The molecule has 0 radical (unpaired) electrons. The molecule has 1 heterocycles. The molecule has 0 spiro atoms. The van der Waals surface area contributed by atoms with Gasteiger partial charge in [0, 0.05) is 24.5 Å². The van der Waals surface area contributed by atoms with Gasteiger partial charge in [-0.25, -0.2) is 8.78 Å². The Morgan fingerprint density at radius 2 is 1.79 bits per heavy atom. The van der Waals surface area contributed by atoms with Crippen LogP contribution in [-0.4, -0.2) is 10.9 Å². The molecule has 0 saturated carbocycles. The maximum atomic E-state index is 12.9. The number of pyridine rings is 1. The summed E-state index contributed by atoms with van der Waals surface area (Å²) in [5.41, 5.74) is 0.962. The monoisotopic (exact) mass is 284 g/mol. The second kappa shape index (κ2) is 6.80. The molecule has 2 aromatic rings. The highest BCUT2D eigenvalue weighted by Gasteiger charge is 2.06. The van der Waals surface area contributed by atoms with Gasteiger partial charge in [0.15, 0.2) is 11.6 Å². The van der Waals surface area contributed by atoms with Crippen LogP contribution in [0.2, 0.25) is 0 Å². The van der Waals surface area contributed by atoms with E-state index in [4.69, 9.17) is 0 Å². The van der Waals surface area contributed by atoms with E-state index in [9.17, 15) is 13.6 Å². The second-order valence-corrected chi connectivity index (χ2v) is 3.67. The number of rotatable bonds is 3. The maximum Gasteiger partial charge on any atom is 0.251 e. The molecular formula is C13H11ClF2N2O. The standard InChI is InChI=1S/C13H10F2N2O.ClH/c14-11-2-1-9(7-12(11)15)8-17-13(18)10-3-5-16-6-4-10;/h1-7H,8H2,(H,17,18);1H. The van der Waals surface area contributed by atoms with Crippen LogP contribution in [0.5, 0.6) is 0 Å². The van der Waals surface area contributed by atoms with Gasteiger partial charge in [0.25, 0.3) is 5.91 Å². The number of nitrogens with zero attached hydrogens (tertiary/aromatic N) is 1. The van der Waals surface area contributed by atoms with Crippen LogP contribution in [0.15, 0.2) is 42.7 Å². The Bertz CT molecular complexity index is 564. The summed E-state index contributed by atoms with van der Waals surface area (Å²) in [7, 11) is 0. The number of hydrogen-bond acceptors (Lipinski definition) is 2. The van der Waals surface area contributed by atoms with E-state index in [1.165, 1.54) is 18.5 Å². The van der Waals surface area contributed by atoms with Gasteiger partial charge >= 0.3 is 0 Å². The number of aromatic nitrogens is 1. The van der Waals surface area contributed by atoms with Crippen LogP contribution in [0.1, 0.15) is 15.9 Å². The first kappa shape index (κ1) is 15.0. The molecule has 0 unspecified atom stereocenters. The summed E-state index contributed by atoms with van der Waals surface area (Å²) in [6.07, 6.45) is 3.01. The van der Waals surface area contributed by atoms with Crippen molar-refractivity contribution < 1.29 is 13.6 Å². The molecule has 1 N–H and O–H groups in total. The molecule has 19 heavy (non-hydrogen) atoms. The Morgan fingerprint density at radius 3 is 2.42 bits per heavy atom. The summed E-state index contributed by atoms with van der Waals surface area (Å²) in [4.78, 5) is 15.5. The summed E-state index contributed by atoms with van der Waals surface area (Å²) >= 11 is 0. The van der Waals surface area contributed by atoms with Crippen molar-refractivity contribution in [1.29, 1.82) is 0 Å². The number of halogens is 3. The van der Waals surface area contributed by atoms with Crippen LogP contribution >= 0.6 is 12.4 Å². The molecule has 0 fully saturated rings. The molecule has 1 aromatic heterocycles. The number of carbonyl (C=O) groups is 1. The van der Waals surface area contributed by atoms with Gasteiger partial charge in [0.2, 0.25) is 0 Å². The molecular weight excluding hydrogens is 274 g/mol. The molecule has 0 aliphatic rings. The van der Waals surface area contributed by atoms with Gasteiger partial charge < -0.3 is 5.32 Å². The van der Waals surface area contributed by atoms with E-state index in [-0.39, 0.29) is 24.9 Å². The van der Waals surface area contributed by atoms with Crippen molar-refractivity contribution in [1.82, 2.24) is 10.3 Å². The van der Waals surface area contributed by atoms with Crippen molar-refractivity contribution >= 4 is 18.3 Å². The van der Waals surface area contributed by atoms with Gasteiger partial charge in [-0.2, -0.15) is 0 Å². The number of benzene rings is 1. The van der Waals surface area contributed by atoms with Crippen molar-refractivity contribution in [3.8, 4) is 0 Å². The molecule has 0 aliphatic heterocycles. The van der Waals surface area contributed by atoms with Crippen molar-refractivity contribution in [3.63, 3.8) is 0 Å². The Balaban J connectivity index is 0.00000180. The van der Waals surface area contributed by atoms with Gasteiger partial charge in [-0.15, -0.1) is 12.4 Å². The van der Waals surface area contributed by atoms with E-state index >= 15 is 0 Å². The normalized spacial score (nSPS) is 9.58. The molecule has 1 aromatic carbocycles. The first-order chi connectivity index (χ1) is 8.66. The molecule has 0 saturated heterocycles. The van der Waals surface area contributed by atoms with Crippen LogP contribution in [0.25, 0.3) is 0 Å². The minimum absolute atomic E-state index is 0. The lowest BCUT2D eigenvalue weighted by Gasteiger charge is -2.05. The molecule has 2 rings (SSSR count). The van der Waals surface area contributed by atoms with Gasteiger partial charge in [-0.05, 0) is 29.8 Å². The fourth-order valence-electron chi connectivity index (χ4n) is 1.44. The topological polar surface area (TPSA) is 42.0 Å². The molecule has 100 valence electrons. The SMILES string of the molecule is Cl.O=C(NCc1ccc(F)c(F)c1)c1ccncc1. The Labute approximate surface area is 115 Å².